The van der Waals surface area contributed by atoms with Crippen molar-refractivity contribution in [1.82, 2.24) is 5.32 Å². The molecule has 0 saturated carbocycles. The molecule has 186 valence electrons. The van der Waals surface area contributed by atoms with E-state index in [0.717, 1.165) is 25.7 Å². The number of carbonyl (C=O) groups is 1. The van der Waals surface area contributed by atoms with Crippen molar-refractivity contribution in [3.05, 3.63) is 130 Å². The Bertz CT molecular complexity index is 1610. The van der Waals surface area contributed by atoms with Crippen molar-refractivity contribution in [2.45, 2.75) is 10.9 Å². The van der Waals surface area contributed by atoms with Crippen molar-refractivity contribution < 1.29 is 13.2 Å². The average molecular weight is 592 g/mol. The van der Waals surface area contributed by atoms with Crippen LogP contribution in [0.4, 0.5) is 5.69 Å². The van der Waals surface area contributed by atoms with Crippen molar-refractivity contribution in [2.24, 2.45) is 0 Å². The predicted molar refractivity (Wildman–Crippen MR) is 154 cm³/mol. The summed E-state index contributed by atoms with van der Waals surface area (Å²) in [6.45, 7) is 0. The fraction of sp³-hybridized carbons (Fsp3) is 0.0690. The molecule has 8 heteroatoms. The normalized spacial score (nSPS) is 11.5. The van der Waals surface area contributed by atoms with Crippen LogP contribution in [0.25, 0.3) is 10.1 Å². The number of halogens is 1. The first-order valence-electron chi connectivity index (χ1n) is 11.5. The first-order chi connectivity index (χ1) is 17.8. The van der Waals surface area contributed by atoms with E-state index in [4.69, 9.17) is 0 Å². The molecule has 0 aliphatic heterocycles. The number of sulfonamides is 1. The second kappa shape index (κ2) is 10.5. The summed E-state index contributed by atoms with van der Waals surface area (Å²) >= 11 is 4.71. The molecule has 1 heterocycles. The molecule has 5 nitrogen and oxygen atoms in total. The Hall–Kier alpha value is -3.46. The van der Waals surface area contributed by atoms with Gasteiger partial charge in [-0.2, -0.15) is 0 Å². The maximum absolute atomic E-state index is 13.4. The lowest BCUT2D eigenvalue weighted by atomic mass is 9.98. The van der Waals surface area contributed by atoms with Gasteiger partial charge >= 0.3 is 0 Å². The van der Waals surface area contributed by atoms with E-state index in [2.05, 4.69) is 21.2 Å². The lowest BCUT2D eigenvalue weighted by molar-refractivity contribution is 0.0947. The first-order valence-corrected chi connectivity index (χ1v) is 14.6. The Labute approximate surface area is 228 Å². The zero-order chi connectivity index (χ0) is 26.0. The number of carbonyl (C=O) groups excluding carboxylic acids is 1. The molecular formula is C29H23BrN2O3S2. The number of anilines is 1. The maximum atomic E-state index is 13.4. The molecule has 37 heavy (non-hydrogen) atoms. The van der Waals surface area contributed by atoms with E-state index >= 15 is 0 Å². The van der Waals surface area contributed by atoms with E-state index in [9.17, 15) is 13.2 Å². The minimum Gasteiger partial charge on any atom is -0.340 e. The van der Waals surface area contributed by atoms with Crippen LogP contribution in [0, 0.1) is 0 Å². The summed E-state index contributed by atoms with van der Waals surface area (Å²) in [7, 11) is -2.20. The van der Waals surface area contributed by atoms with Gasteiger partial charge in [-0.15, -0.1) is 11.3 Å². The summed E-state index contributed by atoms with van der Waals surface area (Å²) < 4.78 is 29.2. The van der Waals surface area contributed by atoms with Gasteiger partial charge in [-0.05, 0) is 65.0 Å². The van der Waals surface area contributed by atoms with Crippen LogP contribution in [0.5, 0.6) is 0 Å². The molecule has 0 saturated heterocycles. The average Bonchev–Trinajstić information content (AvgIpc) is 3.36. The Morgan fingerprint density at radius 2 is 1.43 bits per heavy atom. The first kappa shape index (κ1) is 25.2. The van der Waals surface area contributed by atoms with Gasteiger partial charge in [0.05, 0.1) is 21.5 Å². The zero-order valence-electron chi connectivity index (χ0n) is 19.8. The van der Waals surface area contributed by atoms with Crippen LogP contribution < -0.4 is 9.62 Å². The van der Waals surface area contributed by atoms with Crippen LogP contribution in [-0.2, 0) is 10.0 Å². The van der Waals surface area contributed by atoms with Gasteiger partial charge in [0.1, 0.15) is 0 Å². The molecule has 5 aromatic rings. The monoisotopic (exact) mass is 590 g/mol. The lowest BCUT2D eigenvalue weighted by Gasteiger charge is -2.19. The summed E-state index contributed by atoms with van der Waals surface area (Å²) in [6, 6.07) is 33.2. The Kier molecular flexibility index (Phi) is 7.15. The highest BCUT2D eigenvalue weighted by molar-refractivity contribution is 9.10. The van der Waals surface area contributed by atoms with E-state index in [0.29, 0.717) is 10.6 Å². The smallest absolute Gasteiger partial charge is 0.264 e. The fourth-order valence-corrected chi connectivity index (χ4v) is 6.49. The lowest BCUT2D eigenvalue weighted by Crippen LogP contribution is -2.28. The van der Waals surface area contributed by atoms with E-state index < -0.39 is 10.0 Å². The third-order valence-electron chi connectivity index (χ3n) is 6.10. The van der Waals surface area contributed by atoms with Gasteiger partial charge in [-0.25, -0.2) is 8.42 Å². The number of thiophene rings is 1. The topological polar surface area (TPSA) is 66.5 Å². The number of hydrogen-bond acceptors (Lipinski definition) is 4. The molecule has 5 rings (SSSR count). The Morgan fingerprint density at radius 1 is 0.838 bits per heavy atom. The fourth-order valence-electron chi connectivity index (χ4n) is 4.09. The predicted octanol–water partition coefficient (Wildman–Crippen LogP) is 7.01. The number of amides is 1. The highest BCUT2D eigenvalue weighted by atomic mass is 79.9. The molecule has 4 aromatic carbocycles. The zero-order valence-corrected chi connectivity index (χ0v) is 23.1. The Balaban J connectivity index is 1.42. The number of benzene rings is 4. The highest BCUT2D eigenvalue weighted by Gasteiger charge is 2.23. The van der Waals surface area contributed by atoms with Gasteiger partial charge in [-0.3, -0.25) is 9.10 Å². The minimum atomic E-state index is -3.73. The van der Waals surface area contributed by atoms with Crippen LogP contribution in [0.3, 0.4) is 0 Å². The third kappa shape index (κ3) is 5.32. The highest BCUT2D eigenvalue weighted by Crippen LogP contribution is 2.32. The van der Waals surface area contributed by atoms with Gasteiger partial charge in [-0.1, -0.05) is 76.6 Å². The van der Waals surface area contributed by atoms with Crippen molar-refractivity contribution in [3.63, 3.8) is 0 Å². The molecular weight excluding hydrogens is 568 g/mol. The van der Waals surface area contributed by atoms with Gasteiger partial charge in [0.2, 0.25) is 0 Å². The Morgan fingerprint density at radius 3 is 2.03 bits per heavy atom. The molecule has 0 unspecified atom stereocenters. The number of nitrogens with one attached hydrogen (secondary N) is 1. The number of nitrogens with zero attached hydrogens (tertiary/aromatic N) is 1. The van der Waals surface area contributed by atoms with E-state index in [1.54, 1.807) is 36.4 Å². The standard InChI is InChI=1S/C29H23BrN2O3S2/c1-32(37(34,35)25-15-12-23(30)13-16-25)24-14-17-26-22(18-24)19-27(36-26)29(33)31-28(20-8-4-2-5-9-20)21-10-6-3-7-11-21/h2-19,28H,1H3,(H,31,33). The van der Waals surface area contributed by atoms with Crippen LogP contribution in [-0.4, -0.2) is 21.4 Å². The third-order valence-corrected chi connectivity index (χ3v) is 9.54. The number of rotatable bonds is 7. The second-order valence-corrected chi connectivity index (χ2v) is 12.5. The van der Waals surface area contributed by atoms with Crippen LogP contribution in [0.1, 0.15) is 26.8 Å². The molecule has 0 radical (unpaired) electrons. The van der Waals surface area contributed by atoms with Crippen molar-refractivity contribution in [3.8, 4) is 0 Å². The summed E-state index contributed by atoms with van der Waals surface area (Å²) in [5.41, 5.74) is 2.50. The molecule has 1 amide bonds. The summed E-state index contributed by atoms with van der Waals surface area (Å²) in [5.74, 6) is -0.184. The molecule has 1 aromatic heterocycles. The van der Waals surface area contributed by atoms with Gasteiger partial charge in [0.15, 0.2) is 0 Å². The molecule has 0 aliphatic rings. The van der Waals surface area contributed by atoms with Crippen molar-refractivity contribution >= 4 is 59.0 Å². The molecule has 0 aliphatic carbocycles. The molecule has 0 spiro atoms. The van der Waals surface area contributed by atoms with Crippen molar-refractivity contribution in [1.29, 1.82) is 0 Å². The quantitative estimate of drug-likeness (QED) is 0.222. The van der Waals surface area contributed by atoms with Crippen LogP contribution >= 0.6 is 27.3 Å². The molecule has 1 N–H and O–H groups in total. The summed E-state index contributed by atoms with van der Waals surface area (Å²) in [6.07, 6.45) is 0. The van der Waals surface area contributed by atoms with E-state index in [1.165, 1.54) is 22.7 Å². The van der Waals surface area contributed by atoms with Gasteiger partial charge < -0.3 is 5.32 Å². The van der Waals surface area contributed by atoms with Gasteiger partial charge in [0, 0.05) is 16.2 Å². The van der Waals surface area contributed by atoms with E-state index in [-0.39, 0.29) is 16.8 Å². The SMILES string of the molecule is CN(c1ccc2sc(C(=O)NC(c3ccccc3)c3ccccc3)cc2c1)S(=O)(=O)c1ccc(Br)cc1. The van der Waals surface area contributed by atoms with E-state index in [1.807, 2.05) is 72.8 Å². The van der Waals surface area contributed by atoms with Crippen LogP contribution in [0.15, 0.2) is 119 Å². The number of fused-ring (bicyclic) bond motifs is 1. The van der Waals surface area contributed by atoms with Crippen molar-refractivity contribution in [2.75, 3.05) is 11.4 Å². The summed E-state index contributed by atoms with van der Waals surface area (Å²) in [5, 5.41) is 3.98. The van der Waals surface area contributed by atoms with Crippen LogP contribution in [0.2, 0.25) is 0 Å². The minimum absolute atomic E-state index is 0.184. The molecule has 0 fully saturated rings. The second-order valence-electron chi connectivity index (χ2n) is 8.49. The molecule has 0 atom stereocenters. The van der Waals surface area contributed by atoms with Gasteiger partial charge in [0.25, 0.3) is 15.9 Å². The maximum Gasteiger partial charge on any atom is 0.264 e. The molecule has 0 bridgehead atoms. The summed E-state index contributed by atoms with van der Waals surface area (Å²) in [4.78, 5) is 14.1. The largest absolute Gasteiger partial charge is 0.340 e. The number of hydrogen-bond donors (Lipinski definition) is 1.